The Morgan fingerprint density at radius 2 is 1.79 bits per heavy atom. The van der Waals surface area contributed by atoms with E-state index in [0.717, 1.165) is 12.1 Å². The van der Waals surface area contributed by atoms with Crippen LogP contribution in [0.4, 0.5) is 24.5 Å². The Kier molecular flexibility index (Phi) is 9.88. The summed E-state index contributed by atoms with van der Waals surface area (Å²) in [5.74, 6) is -4.61. The zero-order valence-electron chi connectivity index (χ0n) is 19.4. The maximum absolute atomic E-state index is 14.5. The molecule has 0 saturated carbocycles. The number of carbonyl (C=O) groups is 2. The first-order chi connectivity index (χ1) is 16.2. The lowest BCUT2D eigenvalue weighted by Gasteiger charge is -2.38. The summed E-state index contributed by atoms with van der Waals surface area (Å²) in [6.45, 7) is 5.59. The summed E-state index contributed by atoms with van der Waals surface area (Å²) >= 11 is 0. The van der Waals surface area contributed by atoms with Crippen molar-refractivity contribution in [3.05, 3.63) is 58.9 Å². The molecule has 1 fully saturated rings. The molecular weight excluding hydrogens is 451 g/mol. The number of aliphatic hydroxyl groups is 2. The van der Waals surface area contributed by atoms with Crippen molar-refractivity contribution >= 4 is 23.2 Å². The number of halogens is 3. The van der Waals surface area contributed by atoms with Crippen LogP contribution in [0, 0.1) is 30.3 Å². The molecule has 0 aromatic heterocycles. The molecule has 1 unspecified atom stereocenters. The number of nitrogens with zero attached hydrogens (tertiary/aromatic N) is 1. The lowest BCUT2D eigenvalue weighted by molar-refractivity contribution is -0.129. The number of amides is 2. The maximum Gasteiger partial charge on any atom is 0.256 e. The summed E-state index contributed by atoms with van der Waals surface area (Å²) in [6, 6.07) is 6.09. The smallest absolute Gasteiger partial charge is 0.256 e. The Morgan fingerprint density at radius 3 is 2.41 bits per heavy atom. The highest BCUT2D eigenvalue weighted by Crippen LogP contribution is 2.30. The van der Waals surface area contributed by atoms with Gasteiger partial charge in [-0.05, 0) is 43.2 Å². The van der Waals surface area contributed by atoms with Crippen molar-refractivity contribution in [2.75, 3.05) is 31.6 Å². The molecular formula is C24H30F3N3O4. The lowest BCUT2D eigenvalue weighted by Crippen LogP contribution is -2.56. The topological polar surface area (TPSA) is 102 Å². The van der Waals surface area contributed by atoms with Crippen molar-refractivity contribution in [2.45, 2.75) is 33.3 Å². The molecule has 0 spiro atoms. The summed E-state index contributed by atoms with van der Waals surface area (Å²) in [5, 5.41) is 23.1. The third-order valence-electron chi connectivity index (χ3n) is 5.24. The number of aryl methyl sites for hydroxylation is 1. The molecule has 186 valence electrons. The number of likely N-dealkylation sites (tertiary alicyclic amines) is 1. The van der Waals surface area contributed by atoms with E-state index in [1.54, 1.807) is 13.0 Å². The molecule has 0 aliphatic carbocycles. The van der Waals surface area contributed by atoms with Gasteiger partial charge in [-0.15, -0.1) is 0 Å². The van der Waals surface area contributed by atoms with Crippen molar-refractivity contribution < 1.29 is 33.0 Å². The number of carbonyl (C=O) groups excluding carboxylic acids is 2. The fraction of sp³-hybridized carbons (Fsp3) is 0.417. The molecule has 10 heteroatoms. The minimum absolute atomic E-state index is 0.0740. The van der Waals surface area contributed by atoms with Crippen molar-refractivity contribution in [1.29, 1.82) is 0 Å². The molecule has 2 aromatic carbocycles. The average Bonchev–Trinajstić information content (AvgIpc) is 2.78. The predicted molar refractivity (Wildman–Crippen MR) is 122 cm³/mol. The Balaban J connectivity index is 0.00000199. The van der Waals surface area contributed by atoms with Gasteiger partial charge in [-0.3, -0.25) is 9.59 Å². The SMILES string of the molecule is CC.Cc1ccc(Nc2c(C(=O)N3CC(C(=O)NCCC(O)CO)C3)ccc(F)c2F)c(F)c1. The number of aliphatic hydroxyl groups excluding tert-OH is 2. The first kappa shape index (κ1) is 27.1. The third kappa shape index (κ3) is 6.48. The van der Waals surface area contributed by atoms with E-state index in [0.29, 0.717) is 5.56 Å². The van der Waals surface area contributed by atoms with Gasteiger partial charge in [0.1, 0.15) is 5.82 Å². The number of anilines is 2. The second-order valence-corrected chi connectivity index (χ2v) is 7.72. The van der Waals surface area contributed by atoms with Crippen LogP contribution in [-0.2, 0) is 4.79 Å². The van der Waals surface area contributed by atoms with E-state index in [-0.39, 0.29) is 43.2 Å². The van der Waals surface area contributed by atoms with Crippen LogP contribution in [0.15, 0.2) is 30.3 Å². The van der Waals surface area contributed by atoms with Crippen LogP contribution >= 0.6 is 0 Å². The Morgan fingerprint density at radius 1 is 1.12 bits per heavy atom. The summed E-state index contributed by atoms with van der Waals surface area (Å²) in [6.07, 6.45) is -0.732. The van der Waals surface area contributed by atoms with Gasteiger partial charge in [0.25, 0.3) is 5.91 Å². The van der Waals surface area contributed by atoms with E-state index in [1.807, 2.05) is 13.8 Å². The van der Waals surface area contributed by atoms with Crippen molar-refractivity contribution in [3.8, 4) is 0 Å². The minimum Gasteiger partial charge on any atom is -0.394 e. The summed E-state index contributed by atoms with van der Waals surface area (Å²) < 4.78 is 42.5. The van der Waals surface area contributed by atoms with Gasteiger partial charge >= 0.3 is 0 Å². The van der Waals surface area contributed by atoms with Crippen molar-refractivity contribution in [3.63, 3.8) is 0 Å². The number of hydrogen-bond acceptors (Lipinski definition) is 5. The van der Waals surface area contributed by atoms with E-state index in [1.165, 1.54) is 17.0 Å². The molecule has 0 radical (unpaired) electrons. The van der Waals surface area contributed by atoms with E-state index < -0.39 is 47.7 Å². The average molecular weight is 482 g/mol. The van der Waals surface area contributed by atoms with Crippen molar-refractivity contribution in [2.24, 2.45) is 5.92 Å². The Labute approximate surface area is 196 Å². The molecule has 1 aliphatic heterocycles. The molecule has 1 saturated heterocycles. The lowest BCUT2D eigenvalue weighted by atomic mass is 9.97. The number of rotatable bonds is 8. The third-order valence-corrected chi connectivity index (χ3v) is 5.24. The molecule has 4 N–H and O–H groups in total. The highest BCUT2D eigenvalue weighted by Gasteiger charge is 2.37. The Bertz CT molecular complexity index is 1010. The molecule has 0 bridgehead atoms. The van der Waals surface area contributed by atoms with Crippen LogP contribution in [0.1, 0.15) is 36.2 Å². The number of benzene rings is 2. The van der Waals surface area contributed by atoms with E-state index in [4.69, 9.17) is 5.11 Å². The number of hydrogen-bond donors (Lipinski definition) is 4. The van der Waals surface area contributed by atoms with Gasteiger partial charge in [0.2, 0.25) is 5.91 Å². The minimum atomic E-state index is -1.31. The summed E-state index contributed by atoms with van der Waals surface area (Å²) in [7, 11) is 0. The van der Waals surface area contributed by atoms with Crippen LogP contribution < -0.4 is 10.6 Å². The molecule has 2 aromatic rings. The molecule has 2 amide bonds. The van der Waals surface area contributed by atoms with Gasteiger partial charge in [0.15, 0.2) is 11.6 Å². The van der Waals surface area contributed by atoms with E-state index >= 15 is 0 Å². The first-order valence-electron chi connectivity index (χ1n) is 11.1. The standard InChI is InChI=1S/C22H24F3N3O4.C2H6/c1-12-2-5-18(17(24)8-12)27-20-15(3-4-16(23)19(20)25)22(32)28-9-13(10-28)21(31)26-7-6-14(30)11-29;1-2/h2-5,8,13-14,27,29-30H,6-7,9-11H2,1H3,(H,26,31);1-2H3. The monoisotopic (exact) mass is 481 g/mol. The fourth-order valence-corrected chi connectivity index (χ4v) is 3.29. The van der Waals surface area contributed by atoms with Crippen LogP contribution in [0.2, 0.25) is 0 Å². The Hall–Kier alpha value is -3.11. The second-order valence-electron chi connectivity index (χ2n) is 7.72. The van der Waals surface area contributed by atoms with Crippen LogP contribution in [0.3, 0.4) is 0 Å². The highest BCUT2D eigenvalue weighted by molar-refractivity contribution is 6.01. The maximum atomic E-state index is 14.5. The van der Waals surface area contributed by atoms with E-state index in [9.17, 15) is 27.9 Å². The zero-order chi connectivity index (χ0) is 25.4. The van der Waals surface area contributed by atoms with Gasteiger partial charge in [-0.1, -0.05) is 19.9 Å². The van der Waals surface area contributed by atoms with Crippen LogP contribution in [0.5, 0.6) is 0 Å². The first-order valence-corrected chi connectivity index (χ1v) is 11.1. The number of nitrogens with one attached hydrogen (secondary N) is 2. The molecule has 3 rings (SSSR count). The fourth-order valence-electron chi connectivity index (χ4n) is 3.29. The summed E-state index contributed by atoms with van der Waals surface area (Å²) in [4.78, 5) is 26.3. The van der Waals surface area contributed by atoms with Gasteiger partial charge < -0.3 is 25.7 Å². The summed E-state index contributed by atoms with van der Waals surface area (Å²) in [5.41, 5.74) is -0.141. The normalized spacial score (nSPS) is 13.9. The van der Waals surface area contributed by atoms with Crippen molar-refractivity contribution in [1.82, 2.24) is 10.2 Å². The molecule has 1 aliphatic rings. The van der Waals surface area contributed by atoms with Crippen LogP contribution in [-0.4, -0.2) is 59.3 Å². The second kappa shape index (κ2) is 12.4. The van der Waals surface area contributed by atoms with E-state index in [2.05, 4.69) is 10.6 Å². The predicted octanol–water partition coefficient (Wildman–Crippen LogP) is 3.11. The molecule has 7 nitrogen and oxygen atoms in total. The van der Waals surface area contributed by atoms with Gasteiger partial charge in [0, 0.05) is 19.6 Å². The van der Waals surface area contributed by atoms with Gasteiger partial charge in [0.05, 0.1) is 35.6 Å². The van der Waals surface area contributed by atoms with Gasteiger partial charge in [-0.25, -0.2) is 13.2 Å². The highest BCUT2D eigenvalue weighted by atomic mass is 19.2. The largest absolute Gasteiger partial charge is 0.394 e. The zero-order valence-corrected chi connectivity index (χ0v) is 19.4. The molecule has 34 heavy (non-hydrogen) atoms. The molecule has 1 atom stereocenters. The quantitative estimate of drug-likeness (QED) is 0.464. The van der Waals surface area contributed by atoms with Crippen LogP contribution in [0.25, 0.3) is 0 Å². The van der Waals surface area contributed by atoms with Gasteiger partial charge in [-0.2, -0.15) is 0 Å². The molecule has 1 heterocycles.